The average Bonchev–Trinajstić information content (AvgIpc) is 3.37. The van der Waals surface area contributed by atoms with Gasteiger partial charge in [0.15, 0.2) is 0 Å². The molecule has 0 fully saturated rings. The first-order valence-corrected chi connectivity index (χ1v) is 10.9. The first-order chi connectivity index (χ1) is 15.0. The highest BCUT2D eigenvalue weighted by atomic mass is 79.9. The molecule has 0 unspecified atom stereocenters. The van der Waals surface area contributed by atoms with Gasteiger partial charge in [-0.05, 0) is 24.1 Å². The third-order valence-corrected chi connectivity index (χ3v) is 6.63. The van der Waals surface area contributed by atoms with Gasteiger partial charge in [0.05, 0.1) is 16.6 Å². The third kappa shape index (κ3) is 3.08. The lowest BCUT2D eigenvalue weighted by Crippen LogP contribution is -2.36. The van der Waals surface area contributed by atoms with E-state index in [0.29, 0.717) is 17.4 Å². The minimum atomic E-state index is -0.329. The van der Waals surface area contributed by atoms with Crippen LogP contribution in [0.2, 0.25) is 0 Å². The van der Waals surface area contributed by atoms with E-state index in [0.717, 1.165) is 27.7 Å². The predicted octanol–water partition coefficient (Wildman–Crippen LogP) is 4.19. The number of nitrogens with zero attached hydrogens (tertiary/aromatic N) is 3. The monoisotopic (exact) mass is 476 g/mol. The number of nitrogens with one attached hydrogen (secondary N) is 1. The van der Waals surface area contributed by atoms with E-state index in [2.05, 4.69) is 37.6 Å². The molecule has 0 atom stereocenters. The van der Waals surface area contributed by atoms with E-state index in [1.165, 1.54) is 22.6 Å². The summed E-state index contributed by atoms with van der Waals surface area (Å²) in [6.07, 6.45) is 4.75. The lowest BCUT2D eigenvalue weighted by atomic mass is 10.1. The number of benzene rings is 2. The maximum atomic E-state index is 13.1. The van der Waals surface area contributed by atoms with Crippen molar-refractivity contribution in [3.05, 3.63) is 91.8 Å². The summed E-state index contributed by atoms with van der Waals surface area (Å²) in [4.78, 5) is 29.0. The molecule has 3 heterocycles. The van der Waals surface area contributed by atoms with Crippen LogP contribution in [-0.2, 0) is 27.1 Å². The molecule has 5 rings (SSSR count). The summed E-state index contributed by atoms with van der Waals surface area (Å²) in [5.41, 5.74) is 4.09. The third-order valence-electron chi connectivity index (χ3n) is 5.94. The fraction of sp³-hybridized carbons (Fsp3) is 0.167. The number of hydrogen-bond acceptors (Lipinski definition) is 2. The van der Waals surface area contributed by atoms with Crippen LogP contribution in [0.25, 0.3) is 33.1 Å². The van der Waals surface area contributed by atoms with Gasteiger partial charge in [-0.3, -0.25) is 13.9 Å². The van der Waals surface area contributed by atoms with Gasteiger partial charge in [-0.15, -0.1) is 0 Å². The van der Waals surface area contributed by atoms with Crippen LogP contribution in [0.3, 0.4) is 0 Å². The van der Waals surface area contributed by atoms with Crippen molar-refractivity contribution in [1.82, 2.24) is 18.7 Å². The Hall–Kier alpha value is -3.32. The Morgan fingerprint density at radius 1 is 0.968 bits per heavy atom. The zero-order valence-electron chi connectivity index (χ0n) is 17.2. The van der Waals surface area contributed by atoms with Crippen molar-refractivity contribution in [2.75, 3.05) is 0 Å². The first kappa shape index (κ1) is 19.6. The smallest absolute Gasteiger partial charge is 0.330 e. The van der Waals surface area contributed by atoms with Crippen LogP contribution in [0, 0.1) is 0 Å². The van der Waals surface area contributed by atoms with Gasteiger partial charge >= 0.3 is 5.69 Å². The van der Waals surface area contributed by atoms with Crippen LogP contribution in [0.1, 0.15) is 5.56 Å². The Morgan fingerprint density at radius 2 is 1.71 bits per heavy atom. The molecule has 0 amide bonds. The highest BCUT2D eigenvalue weighted by Crippen LogP contribution is 2.33. The second-order valence-corrected chi connectivity index (χ2v) is 8.58. The Balaban J connectivity index is 1.72. The van der Waals surface area contributed by atoms with Crippen LogP contribution in [0.5, 0.6) is 0 Å². The van der Waals surface area contributed by atoms with E-state index < -0.39 is 0 Å². The number of aryl methyl sites for hydroxylation is 3. The Morgan fingerprint density at radius 3 is 2.52 bits per heavy atom. The SMILES string of the molecule is Cn1c(=O)c2c(-c3ccccc3Br)n(CCc3c[nH]c4ccccc34)cc2n(C)c1=O. The molecule has 7 heteroatoms. The van der Waals surface area contributed by atoms with Gasteiger partial charge in [-0.2, -0.15) is 0 Å². The number of H-pyrrole nitrogens is 1. The molecule has 0 saturated heterocycles. The molecular formula is C24H21BrN4O2. The highest BCUT2D eigenvalue weighted by Gasteiger charge is 2.20. The second-order valence-electron chi connectivity index (χ2n) is 7.73. The van der Waals surface area contributed by atoms with E-state index in [9.17, 15) is 9.59 Å². The van der Waals surface area contributed by atoms with Crippen molar-refractivity contribution < 1.29 is 0 Å². The zero-order chi connectivity index (χ0) is 21.7. The summed E-state index contributed by atoms with van der Waals surface area (Å²) >= 11 is 3.64. The molecule has 3 aromatic heterocycles. The number of rotatable bonds is 4. The minimum absolute atomic E-state index is 0.283. The van der Waals surface area contributed by atoms with Crippen LogP contribution >= 0.6 is 15.9 Å². The quantitative estimate of drug-likeness (QED) is 0.422. The Bertz CT molecular complexity index is 1570. The van der Waals surface area contributed by atoms with E-state index in [-0.39, 0.29) is 11.2 Å². The average molecular weight is 477 g/mol. The summed E-state index contributed by atoms with van der Waals surface area (Å²) < 4.78 is 5.71. The molecule has 0 spiro atoms. The van der Waals surface area contributed by atoms with Crippen molar-refractivity contribution in [3.63, 3.8) is 0 Å². The molecule has 0 aliphatic heterocycles. The van der Waals surface area contributed by atoms with Gasteiger partial charge in [0.2, 0.25) is 0 Å². The standard InChI is InChI=1S/C24H21BrN4O2/c1-27-20-14-29(12-11-15-13-26-19-10-6-4-7-16(15)19)22(17-8-3-5-9-18(17)25)21(20)23(30)28(2)24(27)31/h3-10,13-14,26H,11-12H2,1-2H3. The summed E-state index contributed by atoms with van der Waals surface area (Å²) in [5.74, 6) is 0. The normalized spacial score (nSPS) is 11.6. The van der Waals surface area contributed by atoms with E-state index in [1.807, 2.05) is 48.8 Å². The topological polar surface area (TPSA) is 64.7 Å². The van der Waals surface area contributed by atoms with Crippen LogP contribution in [0.4, 0.5) is 0 Å². The molecule has 1 N–H and O–H groups in total. The molecule has 0 aliphatic rings. The molecular weight excluding hydrogens is 456 g/mol. The van der Waals surface area contributed by atoms with Gasteiger partial charge in [0.1, 0.15) is 0 Å². The predicted molar refractivity (Wildman–Crippen MR) is 128 cm³/mol. The number of hydrogen-bond donors (Lipinski definition) is 1. The molecule has 0 radical (unpaired) electrons. The number of fused-ring (bicyclic) bond motifs is 2. The largest absolute Gasteiger partial charge is 0.361 e. The maximum absolute atomic E-state index is 13.1. The summed E-state index contributed by atoms with van der Waals surface area (Å²) in [6.45, 7) is 0.671. The van der Waals surface area contributed by atoms with Gasteiger partial charge in [0.25, 0.3) is 5.56 Å². The zero-order valence-corrected chi connectivity index (χ0v) is 18.8. The van der Waals surface area contributed by atoms with Gasteiger partial charge in [0, 0.05) is 54.0 Å². The van der Waals surface area contributed by atoms with Gasteiger partial charge < -0.3 is 9.55 Å². The van der Waals surface area contributed by atoms with Crippen molar-refractivity contribution in [2.45, 2.75) is 13.0 Å². The fourth-order valence-electron chi connectivity index (χ4n) is 4.29. The highest BCUT2D eigenvalue weighted by molar-refractivity contribution is 9.10. The number of aromatic amines is 1. The first-order valence-electron chi connectivity index (χ1n) is 10.1. The van der Waals surface area contributed by atoms with Gasteiger partial charge in [-0.25, -0.2) is 4.79 Å². The lowest BCUT2D eigenvalue weighted by molar-refractivity contribution is 0.705. The van der Waals surface area contributed by atoms with Crippen LogP contribution in [-0.4, -0.2) is 18.7 Å². The van der Waals surface area contributed by atoms with E-state index in [1.54, 1.807) is 11.6 Å². The van der Waals surface area contributed by atoms with Gasteiger partial charge in [-0.1, -0.05) is 52.3 Å². The molecule has 156 valence electrons. The fourth-order valence-corrected chi connectivity index (χ4v) is 4.76. The van der Waals surface area contributed by atoms with Crippen molar-refractivity contribution >= 4 is 37.7 Å². The summed E-state index contributed by atoms with van der Waals surface area (Å²) in [5, 5.41) is 1.75. The molecule has 0 saturated carbocycles. The van der Waals surface area contributed by atoms with Crippen molar-refractivity contribution in [1.29, 1.82) is 0 Å². The van der Waals surface area contributed by atoms with Crippen molar-refractivity contribution in [2.24, 2.45) is 14.1 Å². The number of para-hydroxylation sites is 1. The molecule has 0 aliphatic carbocycles. The lowest BCUT2D eigenvalue weighted by Gasteiger charge is -2.11. The van der Waals surface area contributed by atoms with E-state index >= 15 is 0 Å². The van der Waals surface area contributed by atoms with E-state index in [4.69, 9.17) is 0 Å². The molecule has 2 aromatic carbocycles. The van der Waals surface area contributed by atoms with Crippen LogP contribution < -0.4 is 11.2 Å². The molecule has 0 bridgehead atoms. The molecule has 6 nitrogen and oxygen atoms in total. The molecule has 5 aromatic rings. The second kappa shape index (κ2) is 7.42. The Kier molecular flexibility index (Phi) is 4.70. The number of halogens is 1. The summed E-state index contributed by atoms with van der Waals surface area (Å²) in [6, 6.07) is 16.1. The maximum Gasteiger partial charge on any atom is 0.330 e. The Labute approximate surface area is 186 Å². The number of aromatic nitrogens is 4. The summed E-state index contributed by atoms with van der Waals surface area (Å²) in [7, 11) is 3.23. The van der Waals surface area contributed by atoms with Crippen LogP contribution in [0.15, 0.2) is 75.0 Å². The van der Waals surface area contributed by atoms with Crippen molar-refractivity contribution in [3.8, 4) is 11.3 Å². The minimum Gasteiger partial charge on any atom is -0.361 e. The molecule has 31 heavy (non-hydrogen) atoms.